The van der Waals surface area contributed by atoms with Crippen LogP contribution in [-0.4, -0.2) is 19.0 Å². The molecule has 0 bridgehead atoms. The Hall–Kier alpha value is -2.46. The summed E-state index contributed by atoms with van der Waals surface area (Å²) in [5.41, 5.74) is 0.934. The summed E-state index contributed by atoms with van der Waals surface area (Å²) in [4.78, 5) is 12.8. The lowest BCUT2D eigenvalue weighted by molar-refractivity contribution is -0.125. The highest BCUT2D eigenvalue weighted by Gasteiger charge is 2.41. The Morgan fingerprint density at radius 1 is 1.03 bits per heavy atom. The molecule has 1 N–H and O–H groups in total. The van der Waals surface area contributed by atoms with Gasteiger partial charge in [-0.2, -0.15) is 0 Å². The van der Waals surface area contributed by atoms with Crippen molar-refractivity contribution in [1.82, 2.24) is 5.09 Å². The molecule has 1 aliphatic heterocycles. The van der Waals surface area contributed by atoms with Crippen LogP contribution >= 0.6 is 6.19 Å². The number of hydrogen-bond donors (Lipinski definition) is 1. The molecule has 1 aliphatic rings. The van der Waals surface area contributed by atoms with E-state index in [-0.39, 0.29) is 11.8 Å². The molecular weight excluding hydrogens is 413 g/mol. The Morgan fingerprint density at radius 2 is 1.63 bits per heavy atom. The van der Waals surface area contributed by atoms with Crippen molar-refractivity contribution in [1.29, 1.82) is 0 Å². The molecule has 0 unspecified atom stereocenters. The summed E-state index contributed by atoms with van der Waals surface area (Å²) in [5.74, 6) is 1.41. The number of hydrogen-bond acceptors (Lipinski definition) is 4. The molecule has 0 saturated heterocycles. The first-order valence-corrected chi connectivity index (χ1v) is 12.7. The van der Waals surface area contributed by atoms with E-state index in [4.69, 9.17) is 21.3 Å². The number of ketones is 1. The summed E-state index contributed by atoms with van der Waals surface area (Å²) in [5, 5.41) is 5.83. The Labute approximate surface area is 182 Å². The summed E-state index contributed by atoms with van der Waals surface area (Å²) >= 11 is 6.33. The SMILES string of the molecule is CCC(=O)[C@@H]1Oc2cc(OC)ccc2[C@H]1NP(=S)(c1ccccc1)c1ccccc1. The molecule has 0 spiro atoms. The van der Waals surface area contributed by atoms with Crippen LogP contribution in [0, 0.1) is 0 Å². The molecule has 4 nitrogen and oxygen atoms in total. The van der Waals surface area contributed by atoms with Crippen molar-refractivity contribution in [3.05, 3.63) is 84.4 Å². The third-order valence-electron chi connectivity index (χ3n) is 5.34. The first-order chi connectivity index (χ1) is 14.6. The van der Waals surface area contributed by atoms with Crippen LogP contribution in [0.5, 0.6) is 11.5 Å². The van der Waals surface area contributed by atoms with Crippen molar-refractivity contribution in [3.63, 3.8) is 0 Å². The van der Waals surface area contributed by atoms with E-state index in [0.29, 0.717) is 17.9 Å². The van der Waals surface area contributed by atoms with Crippen molar-refractivity contribution in [2.24, 2.45) is 0 Å². The number of ether oxygens (including phenoxy) is 2. The molecule has 0 aliphatic carbocycles. The fourth-order valence-electron chi connectivity index (χ4n) is 3.73. The molecule has 1 heterocycles. The number of rotatable bonds is 7. The fraction of sp³-hybridized carbons (Fsp3) is 0.208. The van der Waals surface area contributed by atoms with Crippen LogP contribution in [0.2, 0.25) is 0 Å². The molecule has 3 aromatic rings. The molecule has 4 rings (SSSR count). The van der Waals surface area contributed by atoms with Crippen LogP contribution in [-0.2, 0) is 16.6 Å². The van der Waals surface area contributed by atoms with E-state index in [1.54, 1.807) is 7.11 Å². The van der Waals surface area contributed by atoms with Gasteiger partial charge in [0, 0.05) is 28.7 Å². The standard InChI is InChI=1S/C24H24NO3PS/c1-3-21(26)24-23(20-15-14-17(27-2)16-22(20)28-24)25-29(30,18-10-6-4-7-11-18)19-12-8-5-9-13-19/h4-16,23-24H,3H2,1-2H3,(H,25,30)/t23-,24+/m1/s1. The van der Waals surface area contributed by atoms with E-state index >= 15 is 0 Å². The molecule has 0 radical (unpaired) electrons. The largest absolute Gasteiger partial charge is 0.497 e. The van der Waals surface area contributed by atoms with Crippen LogP contribution in [0.3, 0.4) is 0 Å². The van der Waals surface area contributed by atoms with Gasteiger partial charge in [-0.25, -0.2) is 0 Å². The van der Waals surface area contributed by atoms with E-state index < -0.39 is 12.3 Å². The highest BCUT2D eigenvalue weighted by Crippen LogP contribution is 2.48. The zero-order valence-electron chi connectivity index (χ0n) is 16.9. The maximum atomic E-state index is 12.8. The van der Waals surface area contributed by atoms with E-state index in [0.717, 1.165) is 16.2 Å². The normalized spacial score (nSPS) is 17.8. The van der Waals surface area contributed by atoms with Crippen molar-refractivity contribution in [2.75, 3.05) is 7.11 Å². The summed E-state index contributed by atoms with van der Waals surface area (Å²) in [6.07, 6.45) is -2.64. The lowest BCUT2D eigenvalue weighted by Crippen LogP contribution is -2.39. The minimum Gasteiger partial charge on any atom is -0.497 e. The van der Waals surface area contributed by atoms with Gasteiger partial charge >= 0.3 is 0 Å². The molecule has 0 saturated carbocycles. The van der Waals surface area contributed by atoms with Crippen molar-refractivity contribution < 1.29 is 14.3 Å². The van der Waals surface area contributed by atoms with Crippen LogP contribution < -0.4 is 25.2 Å². The van der Waals surface area contributed by atoms with Crippen LogP contribution in [0.1, 0.15) is 24.9 Å². The monoisotopic (exact) mass is 437 g/mol. The van der Waals surface area contributed by atoms with Gasteiger partial charge in [0.2, 0.25) is 0 Å². The first-order valence-electron chi connectivity index (χ1n) is 9.93. The zero-order valence-corrected chi connectivity index (χ0v) is 18.7. The smallest absolute Gasteiger partial charge is 0.176 e. The second kappa shape index (κ2) is 8.73. The van der Waals surface area contributed by atoms with Gasteiger partial charge < -0.3 is 9.47 Å². The van der Waals surface area contributed by atoms with Crippen LogP contribution in [0.4, 0.5) is 0 Å². The Morgan fingerprint density at radius 3 is 2.17 bits per heavy atom. The summed E-state index contributed by atoms with van der Waals surface area (Å²) in [6.45, 7) is 1.86. The highest BCUT2D eigenvalue weighted by molar-refractivity contribution is 8.20. The van der Waals surface area contributed by atoms with E-state index in [1.165, 1.54) is 0 Å². The summed E-state index contributed by atoms with van der Waals surface area (Å²) < 4.78 is 11.4. The van der Waals surface area contributed by atoms with Gasteiger partial charge in [0.25, 0.3) is 0 Å². The van der Waals surface area contributed by atoms with Crippen molar-refractivity contribution >= 4 is 34.4 Å². The quantitative estimate of drug-likeness (QED) is 0.564. The lowest BCUT2D eigenvalue weighted by Gasteiger charge is -2.30. The van der Waals surface area contributed by atoms with Crippen molar-refractivity contribution in [3.8, 4) is 11.5 Å². The number of carbonyl (C=O) groups is 1. The first kappa shape index (κ1) is 20.8. The molecule has 0 amide bonds. The van der Waals surface area contributed by atoms with Gasteiger partial charge in [-0.1, -0.05) is 79.4 Å². The van der Waals surface area contributed by atoms with E-state index in [1.807, 2.05) is 61.5 Å². The maximum Gasteiger partial charge on any atom is 0.176 e. The molecule has 2 atom stereocenters. The number of nitrogens with one attached hydrogen (secondary N) is 1. The second-order valence-corrected chi connectivity index (χ2v) is 11.3. The number of methoxy groups -OCH3 is 1. The molecule has 154 valence electrons. The van der Waals surface area contributed by atoms with Crippen LogP contribution in [0.25, 0.3) is 0 Å². The summed E-state index contributed by atoms with van der Waals surface area (Å²) in [6, 6.07) is 25.6. The molecule has 0 fully saturated rings. The van der Waals surface area contributed by atoms with Gasteiger partial charge in [-0.15, -0.1) is 0 Å². The number of carbonyl (C=O) groups excluding carboxylic acids is 1. The predicted octanol–water partition coefficient (Wildman–Crippen LogP) is 4.11. The highest BCUT2D eigenvalue weighted by atomic mass is 32.4. The number of benzene rings is 3. The molecular formula is C24H24NO3PS. The predicted molar refractivity (Wildman–Crippen MR) is 125 cm³/mol. The van der Waals surface area contributed by atoms with Gasteiger partial charge in [-0.05, 0) is 12.1 Å². The van der Waals surface area contributed by atoms with E-state index in [9.17, 15) is 4.79 Å². The Kier molecular flexibility index (Phi) is 6.05. The molecule has 0 aromatic heterocycles. The number of Topliss-reactive ketones (excluding diaryl/α,β-unsaturated/α-hetero) is 1. The Balaban J connectivity index is 1.82. The van der Waals surface area contributed by atoms with E-state index in [2.05, 4.69) is 29.4 Å². The van der Waals surface area contributed by atoms with Crippen molar-refractivity contribution in [2.45, 2.75) is 25.5 Å². The lowest BCUT2D eigenvalue weighted by atomic mass is 10.0. The molecule has 6 heteroatoms. The average Bonchev–Trinajstić information content (AvgIpc) is 3.16. The maximum absolute atomic E-state index is 12.8. The Bertz CT molecular complexity index is 1040. The third-order valence-corrected chi connectivity index (χ3v) is 9.61. The third kappa shape index (κ3) is 3.81. The molecule has 3 aromatic carbocycles. The average molecular weight is 438 g/mol. The van der Waals surface area contributed by atoms with Crippen LogP contribution in [0.15, 0.2) is 78.9 Å². The number of fused-ring (bicyclic) bond motifs is 1. The topological polar surface area (TPSA) is 47.6 Å². The zero-order chi connectivity index (χ0) is 21.1. The minimum absolute atomic E-state index is 0.0466. The van der Waals surface area contributed by atoms with Gasteiger partial charge in [0.15, 0.2) is 11.9 Å². The van der Waals surface area contributed by atoms with Gasteiger partial charge in [-0.3, -0.25) is 9.88 Å². The summed E-state index contributed by atoms with van der Waals surface area (Å²) in [7, 11) is 1.62. The van der Waals surface area contributed by atoms with Gasteiger partial charge in [0.05, 0.1) is 19.3 Å². The fourth-order valence-corrected chi connectivity index (χ4v) is 7.25. The second-order valence-electron chi connectivity index (χ2n) is 7.15. The van der Waals surface area contributed by atoms with Gasteiger partial charge in [0.1, 0.15) is 11.5 Å². The molecule has 30 heavy (non-hydrogen) atoms. The minimum atomic E-state index is -2.42.